The zero-order chi connectivity index (χ0) is 24.2. The molecule has 7 nitrogen and oxygen atoms in total. The van der Waals surface area contributed by atoms with Crippen molar-refractivity contribution in [1.82, 2.24) is 9.80 Å². The molecule has 2 N–H and O–H groups in total. The molecule has 0 heterocycles. The van der Waals surface area contributed by atoms with Gasteiger partial charge in [-0.25, -0.2) is 0 Å². The van der Waals surface area contributed by atoms with E-state index in [1.54, 1.807) is 43.3 Å². The summed E-state index contributed by atoms with van der Waals surface area (Å²) in [6.07, 6.45) is 3.00. The van der Waals surface area contributed by atoms with E-state index in [1.165, 1.54) is 0 Å². The fourth-order valence-electron chi connectivity index (χ4n) is 3.39. The highest BCUT2D eigenvalue weighted by atomic mass is 16.2. The summed E-state index contributed by atoms with van der Waals surface area (Å²) < 4.78 is 0. The third-order valence-corrected chi connectivity index (χ3v) is 5.22. The Hall–Kier alpha value is -3.35. The van der Waals surface area contributed by atoms with Gasteiger partial charge in [0.1, 0.15) is 0 Å². The molecule has 0 bridgehead atoms. The van der Waals surface area contributed by atoms with Crippen LogP contribution in [0.3, 0.4) is 0 Å². The molecular weight excluding hydrogens is 416 g/mol. The number of carbonyl (C=O) groups excluding carboxylic acids is 3. The molecular formula is C26H36N4O3. The van der Waals surface area contributed by atoms with E-state index in [0.717, 1.165) is 37.2 Å². The van der Waals surface area contributed by atoms with Gasteiger partial charge in [0.25, 0.3) is 5.91 Å². The van der Waals surface area contributed by atoms with E-state index < -0.39 is 0 Å². The molecule has 0 saturated heterocycles. The molecule has 2 aromatic carbocycles. The summed E-state index contributed by atoms with van der Waals surface area (Å²) in [6.45, 7) is 5.73. The van der Waals surface area contributed by atoms with Crippen molar-refractivity contribution in [1.29, 1.82) is 0 Å². The lowest BCUT2D eigenvalue weighted by molar-refractivity contribution is -0.128. The van der Waals surface area contributed by atoms with Crippen molar-refractivity contribution in [2.24, 2.45) is 0 Å². The largest absolute Gasteiger partial charge is 0.376 e. The lowest BCUT2D eigenvalue weighted by Crippen LogP contribution is -2.32. The van der Waals surface area contributed by atoms with Gasteiger partial charge in [-0.05, 0) is 61.2 Å². The van der Waals surface area contributed by atoms with Crippen LogP contribution in [-0.4, -0.2) is 61.3 Å². The second-order valence-corrected chi connectivity index (χ2v) is 8.26. The number of anilines is 2. The molecule has 2 aromatic rings. The maximum atomic E-state index is 12.7. The second-order valence-electron chi connectivity index (χ2n) is 8.26. The summed E-state index contributed by atoms with van der Waals surface area (Å²) >= 11 is 0. The number of benzene rings is 2. The molecule has 0 aromatic heterocycles. The number of rotatable bonds is 12. The van der Waals surface area contributed by atoms with Gasteiger partial charge in [-0.3, -0.25) is 14.4 Å². The first-order valence-corrected chi connectivity index (χ1v) is 11.6. The molecule has 33 heavy (non-hydrogen) atoms. The fraction of sp³-hybridized carbons (Fsp3) is 0.423. The standard InChI is InChI=1S/C26H36N4O3/c1-5-17-30(18-6-2)26(33)21-10-14-23(15-11-21)28-24(31)19-27-22-12-7-20(8-13-22)9-16-25(32)29(3)4/h7-8,10-15,27H,5-6,9,16-19H2,1-4H3,(H,28,31). The first-order valence-electron chi connectivity index (χ1n) is 11.6. The van der Waals surface area contributed by atoms with Gasteiger partial charge < -0.3 is 20.4 Å². The van der Waals surface area contributed by atoms with Crippen LogP contribution in [-0.2, 0) is 16.0 Å². The fourth-order valence-corrected chi connectivity index (χ4v) is 3.39. The smallest absolute Gasteiger partial charge is 0.253 e. The lowest BCUT2D eigenvalue weighted by Gasteiger charge is -2.21. The van der Waals surface area contributed by atoms with Crippen molar-refractivity contribution in [3.63, 3.8) is 0 Å². The molecule has 0 radical (unpaired) electrons. The normalized spacial score (nSPS) is 10.4. The monoisotopic (exact) mass is 452 g/mol. The van der Waals surface area contributed by atoms with E-state index in [-0.39, 0.29) is 24.3 Å². The summed E-state index contributed by atoms with van der Waals surface area (Å²) in [4.78, 5) is 40.1. The van der Waals surface area contributed by atoms with E-state index >= 15 is 0 Å². The molecule has 0 saturated carbocycles. The number of carbonyl (C=O) groups is 3. The van der Waals surface area contributed by atoms with E-state index in [1.807, 2.05) is 29.2 Å². The van der Waals surface area contributed by atoms with Crippen molar-refractivity contribution in [2.45, 2.75) is 39.5 Å². The third-order valence-electron chi connectivity index (χ3n) is 5.22. The Morgan fingerprint density at radius 2 is 1.39 bits per heavy atom. The van der Waals surface area contributed by atoms with Crippen LogP contribution in [0.15, 0.2) is 48.5 Å². The minimum absolute atomic E-state index is 0.0211. The summed E-state index contributed by atoms with van der Waals surface area (Å²) in [5, 5.41) is 5.94. The maximum absolute atomic E-state index is 12.7. The number of hydrogen-bond donors (Lipinski definition) is 2. The molecule has 0 aliphatic rings. The summed E-state index contributed by atoms with van der Waals surface area (Å²) in [5.74, 6) is -0.0494. The minimum Gasteiger partial charge on any atom is -0.376 e. The van der Waals surface area contributed by atoms with Gasteiger partial charge in [-0.1, -0.05) is 26.0 Å². The van der Waals surface area contributed by atoms with Crippen LogP contribution in [0.25, 0.3) is 0 Å². The molecule has 7 heteroatoms. The van der Waals surface area contributed by atoms with Crippen LogP contribution in [0, 0.1) is 0 Å². The van der Waals surface area contributed by atoms with Gasteiger partial charge in [0, 0.05) is 50.5 Å². The van der Waals surface area contributed by atoms with Crippen molar-refractivity contribution in [2.75, 3.05) is 44.4 Å². The first kappa shape index (κ1) is 25.9. The zero-order valence-corrected chi connectivity index (χ0v) is 20.2. The Bertz CT molecular complexity index is 902. The Morgan fingerprint density at radius 3 is 1.94 bits per heavy atom. The Labute approximate surface area is 197 Å². The van der Waals surface area contributed by atoms with Gasteiger partial charge in [0.2, 0.25) is 11.8 Å². The van der Waals surface area contributed by atoms with Gasteiger partial charge >= 0.3 is 0 Å². The van der Waals surface area contributed by atoms with Gasteiger partial charge in [0.05, 0.1) is 6.54 Å². The summed E-state index contributed by atoms with van der Waals surface area (Å²) in [6, 6.07) is 14.7. The van der Waals surface area contributed by atoms with Crippen LogP contribution in [0.1, 0.15) is 49.0 Å². The number of hydrogen-bond acceptors (Lipinski definition) is 4. The highest BCUT2D eigenvalue weighted by Gasteiger charge is 2.14. The summed E-state index contributed by atoms with van der Waals surface area (Å²) in [7, 11) is 3.51. The van der Waals surface area contributed by atoms with Crippen molar-refractivity contribution in [3.8, 4) is 0 Å². The third kappa shape index (κ3) is 8.60. The highest BCUT2D eigenvalue weighted by Crippen LogP contribution is 2.14. The predicted molar refractivity (Wildman–Crippen MR) is 134 cm³/mol. The average molecular weight is 453 g/mol. The van der Waals surface area contributed by atoms with Crippen molar-refractivity contribution in [3.05, 3.63) is 59.7 Å². The SMILES string of the molecule is CCCN(CCC)C(=O)c1ccc(NC(=O)CNc2ccc(CCC(=O)N(C)C)cc2)cc1. The molecule has 0 fully saturated rings. The molecule has 2 rings (SSSR count). The quantitative estimate of drug-likeness (QED) is 0.510. The van der Waals surface area contributed by atoms with Crippen LogP contribution in [0.2, 0.25) is 0 Å². The lowest BCUT2D eigenvalue weighted by atomic mass is 10.1. The number of amides is 3. The van der Waals surface area contributed by atoms with E-state index in [4.69, 9.17) is 0 Å². The van der Waals surface area contributed by atoms with Gasteiger partial charge in [-0.2, -0.15) is 0 Å². The molecule has 178 valence electrons. The highest BCUT2D eigenvalue weighted by molar-refractivity contribution is 5.96. The molecule has 0 aliphatic heterocycles. The van der Waals surface area contributed by atoms with E-state index in [0.29, 0.717) is 24.1 Å². The molecule has 0 atom stereocenters. The second kappa shape index (κ2) is 13.3. The van der Waals surface area contributed by atoms with Crippen molar-refractivity contribution >= 4 is 29.1 Å². The topological polar surface area (TPSA) is 81.8 Å². The minimum atomic E-state index is -0.173. The number of aryl methyl sites for hydroxylation is 1. The predicted octanol–water partition coefficient (Wildman–Crippen LogP) is 4.02. The Morgan fingerprint density at radius 1 is 0.818 bits per heavy atom. The summed E-state index contributed by atoms with van der Waals surface area (Å²) in [5.41, 5.74) is 3.18. The van der Waals surface area contributed by atoms with Gasteiger partial charge in [0.15, 0.2) is 0 Å². The van der Waals surface area contributed by atoms with Crippen molar-refractivity contribution < 1.29 is 14.4 Å². The van der Waals surface area contributed by atoms with E-state index in [2.05, 4.69) is 24.5 Å². The van der Waals surface area contributed by atoms with Crippen LogP contribution < -0.4 is 10.6 Å². The van der Waals surface area contributed by atoms with E-state index in [9.17, 15) is 14.4 Å². The van der Waals surface area contributed by atoms with Crippen LogP contribution in [0.4, 0.5) is 11.4 Å². The molecule has 3 amide bonds. The number of nitrogens with one attached hydrogen (secondary N) is 2. The molecule has 0 aliphatic carbocycles. The zero-order valence-electron chi connectivity index (χ0n) is 20.2. The maximum Gasteiger partial charge on any atom is 0.253 e. The Kier molecular flexibility index (Phi) is 10.4. The number of nitrogens with zero attached hydrogens (tertiary/aromatic N) is 2. The van der Waals surface area contributed by atoms with Gasteiger partial charge in [-0.15, -0.1) is 0 Å². The van der Waals surface area contributed by atoms with Crippen LogP contribution in [0.5, 0.6) is 0 Å². The molecule has 0 unspecified atom stereocenters. The Balaban J connectivity index is 1.82. The van der Waals surface area contributed by atoms with Crippen LogP contribution >= 0.6 is 0 Å². The first-order chi connectivity index (χ1) is 15.8. The molecule has 0 spiro atoms. The average Bonchev–Trinajstić information content (AvgIpc) is 2.81.